The van der Waals surface area contributed by atoms with Crippen molar-refractivity contribution in [2.45, 2.75) is 6.42 Å². The third kappa shape index (κ3) is 4.45. The molecule has 0 aliphatic heterocycles. The number of anilines is 1. The molecule has 6 nitrogen and oxygen atoms in total. The van der Waals surface area contributed by atoms with Gasteiger partial charge in [-0.3, -0.25) is 0 Å². The van der Waals surface area contributed by atoms with E-state index in [1.807, 2.05) is 0 Å². The third-order valence-corrected chi connectivity index (χ3v) is 3.09. The van der Waals surface area contributed by atoms with Crippen molar-refractivity contribution < 1.29 is 27.1 Å². The first-order valence-corrected chi connectivity index (χ1v) is 6.89. The van der Waals surface area contributed by atoms with Crippen molar-refractivity contribution in [3.05, 3.63) is 29.3 Å². The van der Waals surface area contributed by atoms with Crippen LogP contribution in [0.2, 0.25) is 0 Å². The van der Waals surface area contributed by atoms with Crippen molar-refractivity contribution >= 4 is 21.7 Å². The Kier molecular flexibility index (Phi) is 4.78. The molecule has 0 atom stereocenters. The van der Waals surface area contributed by atoms with E-state index in [0.29, 0.717) is 0 Å². The lowest BCUT2D eigenvalue weighted by atomic mass is 10.2. The molecule has 106 valence electrons. The molecule has 19 heavy (non-hydrogen) atoms. The summed E-state index contributed by atoms with van der Waals surface area (Å²) in [6, 6.07) is 1.99. The van der Waals surface area contributed by atoms with Crippen molar-refractivity contribution in [3.8, 4) is 0 Å². The van der Waals surface area contributed by atoms with E-state index in [-0.39, 0.29) is 24.4 Å². The van der Waals surface area contributed by atoms with Gasteiger partial charge in [-0.05, 0) is 18.6 Å². The van der Waals surface area contributed by atoms with Crippen molar-refractivity contribution in [1.29, 1.82) is 0 Å². The van der Waals surface area contributed by atoms with Crippen LogP contribution in [0.15, 0.2) is 12.1 Å². The molecule has 0 unspecified atom stereocenters. The molecule has 0 fully saturated rings. The molecule has 0 spiro atoms. The molecule has 4 N–H and O–H groups in total. The van der Waals surface area contributed by atoms with Crippen LogP contribution in [-0.4, -0.2) is 31.8 Å². The fourth-order valence-corrected chi connectivity index (χ4v) is 1.89. The summed E-state index contributed by atoms with van der Waals surface area (Å²) in [7, 11) is -3.60. The van der Waals surface area contributed by atoms with Gasteiger partial charge < -0.3 is 10.4 Å². The number of nitrogens with one attached hydrogen (secondary N) is 1. The summed E-state index contributed by atoms with van der Waals surface area (Å²) in [6.07, 6.45) is 0.112. The molecule has 0 saturated heterocycles. The molecule has 0 aromatic heterocycles. The summed E-state index contributed by atoms with van der Waals surface area (Å²) in [6.45, 7) is 0.0548. The summed E-state index contributed by atoms with van der Waals surface area (Å²) >= 11 is 0. The first kappa shape index (κ1) is 15.3. The first-order chi connectivity index (χ1) is 8.72. The Morgan fingerprint density at radius 1 is 1.32 bits per heavy atom. The zero-order valence-corrected chi connectivity index (χ0v) is 10.5. The Balaban J connectivity index is 2.71. The summed E-state index contributed by atoms with van der Waals surface area (Å²) in [5, 5.41) is 15.8. The monoisotopic (exact) mass is 294 g/mol. The van der Waals surface area contributed by atoms with Crippen molar-refractivity contribution in [2.75, 3.05) is 17.6 Å². The Labute approximate surface area is 108 Å². The highest BCUT2D eigenvalue weighted by atomic mass is 32.2. The number of carbonyl (C=O) groups is 1. The quantitative estimate of drug-likeness (QED) is 0.671. The van der Waals surface area contributed by atoms with E-state index in [1.54, 1.807) is 0 Å². The summed E-state index contributed by atoms with van der Waals surface area (Å²) in [5.74, 6) is -4.66. The van der Waals surface area contributed by atoms with Crippen LogP contribution in [0.5, 0.6) is 0 Å². The minimum absolute atomic E-state index is 0.0548. The highest BCUT2D eigenvalue weighted by molar-refractivity contribution is 7.89. The van der Waals surface area contributed by atoms with Gasteiger partial charge in [0, 0.05) is 6.54 Å². The maximum absolute atomic E-state index is 13.4. The lowest BCUT2D eigenvalue weighted by molar-refractivity contribution is 0.0690. The van der Waals surface area contributed by atoms with Gasteiger partial charge in [0.25, 0.3) is 0 Å². The predicted octanol–water partition coefficient (Wildman–Crippen LogP) is 0.753. The molecule has 0 heterocycles. The van der Waals surface area contributed by atoms with Crippen LogP contribution in [0.4, 0.5) is 14.5 Å². The number of halogens is 2. The Hall–Kier alpha value is -1.74. The number of sulfonamides is 1. The minimum Gasteiger partial charge on any atom is -0.478 e. The van der Waals surface area contributed by atoms with Crippen LogP contribution in [0, 0.1) is 11.6 Å². The van der Waals surface area contributed by atoms with Gasteiger partial charge in [0.15, 0.2) is 11.6 Å². The predicted molar refractivity (Wildman–Crippen MR) is 64.4 cm³/mol. The average Bonchev–Trinajstić information content (AvgIpc) is 2.28. The largest absolute Gasteiger partial charge is 0.478 e. The second-order valence-corrected chi connectivity index (χ2v) is 5.48. The molecule has 1 rings (SSSR count). The van der Waals surface area contributed by atoms with Crippen LogP contribution in [0.1, 0.15) is 16.8 Å². The van der Waals surface area contributed by atoms with Crippen LogP contribution in [-0.2, 0) is 10.0 Å². The highest BCUT2D eigenvalue weighted by Crippen LogP contribution is 2.20. The van der Waals surface area contributed by atoms with Gasteiger partial charge >= 0.3 is 5.97 Å². The lowest BCUT2D eigenvalue weighted by Gasteiger charge is -2.08. The molecule has 0 radical (unpaired) electrons. The number of rotatable bonds is 6. The van der Waals surface area contributed by atoms with Gasteiger partial charge in [0.1, 0.15) is 0 Å². The molecular formula is C10H12F2N2O4S. The van der Waals surface area contributed by atoms with Gasteiger partial charge in [-0.25, -0.2) is 27.1 Å². The lowest BCUT2D eigenvalue weighted by Crippen LogP contribution is -2.19. The molecule has 0 aliphatic rings. The number of hydrogen-bond acceptors (Lipinski definition) is 4. The summed E-state index contributed by atoms with van der Waals surface area (Å²) in [4.78, 5) is 10.5. The zero-order valence-electron chi connectivity index (χ0n) is 9.69. The number of hydrogen-bond donors (Lipinski definition) is 3. The Bertz CT molecular complexity index is 589. The zero-order chi connectivity index (χ0) is 14.6. The number of nitrogens with two attached hydrogens (primary N) is 1. The van der Waals surface area contributed by atoms with Gasteiger partial charge in [-0.2, -0.15) is 0 Å². The molecule has 0 saturated carbocycles. The van der Waals surface area contributed by atoms with E-state index in [9.17, 15) is 22.0 Å². The van der Waals surface area contributed by atoms with E-state index in [2.05, 4.69) is 5.32 Å². The average molecular weight is 294 g/mol. The molecule has 0 bridgehead atoms. The number of aromatic carboxylic acids is 1. The van der Waals surface area contributed by atoms with E-state index in [0.717, 1.165) is 12.1 Å². The third-order valence-electron chi connectivity index (χ3n) is 2.23. The number of carboxylic acids is 1. The smallest absolute Gasteiger partial charge is 0.338 e. The molecule has 1 aromatic carbocycles. The maximum Gasteiger partial charge on any atom is 0.338 e. The number of carboxylic acid groups (broad SMARTS) is 1. The van der Waals surface area contributed by atoms with Gasteiger partial charge in [0.05, 0.1) is 17.0 Å². The van der Waals surface area contributed by atoms with Crippen molar-refractivity contribution in [1.82, 2.24) is 0 Å². The first-order valence-electron chi connectivity index (χ1n) is 5.18. The van der Waals surface area contributed by atoms with E-state index >= 15 is 0 Å². The molecule has 0 amide bonds. The van der Waals surface area contributed by atoms with Crippen LogP contribution >= 0.6 is 0 Å². The molecule has 0 aliphatic carbocycles. The SMILES string of the molecule is NS(=O)(=O)CCCNc1ccc(C(=O)O)c(F)c1F. The summed E-state index contributed by atoms with van der Waals surface area (Å²) < 4.78 is 48.0. The minimum atomic E-state index is -3.60. The fourth-order valence-electron chi connectivity index (χ4n) is 1.35. The normalized spacial score (nSPS) is 11.3. The molecule has 1 aromatic rings. The van der Waals surface area contributed by atoms with Gasteiger partial charge in [0.2, 0.25) is 10.0 Å². The second kappa shape index (κ2) is 5.93. The van der Waals surface area contributed by atoms with Crippen molar-refractivity contribution in [3.63, 3.8) is 0 Å². The maximum atomic E-state index is 13.4. The molecular weight excluding hydrogens is 282 g/mol. The van der Waals surface area contributed by atoms with Gasteiger partial charge in [-0.15, -0.1) is 0 Å². The van der Waals surface area contributed by atoms with Crippen LogP contribution < -0.4 is 10.5 Å². The molecule has 9 heteroatoms. The summed E-state index contributed by atoms with van der Waals surface area (Å²) in [5.41, 5.74) is -1.01. The second-order valence-electron chi connectivity index (χ2n) is 3.74. The van der Waals surface area contributed by atoms with E-state index in [1.165, 1.54) is 0 Å². The van der Waals surface area contributed by atoms with Crippen molar-refractivity contribution in [2.24, 2.45) is 5.14 Å². The number of benzene rings is 1. The fraction of sp³-hybridized carbons (Fsp3) is 0.300. The standard InChI is InChI=1S/C10H12F2N2O4S/c11-8-6(10(15)16)2-3-7(9(8)12)14-4-1-5-19(13,17)18/h2-3,14H,1,4-5H2,(H,15,16)(H2,13,17,18). The van der Waals surface area contributed by atoms with Crippen LogP contribution in [0.25, 0.3) is 0 Å². The van der Waals surface area contributed by atoms with Gasteiger partial charge in [-0.1, -0.05) is 0 Å². The number of primary sulfonamides is 1. The topological polar surface area (TPSA) is 109 Å². The van der Waals surface area contributed by atoms with Crippen LogP contribution in [0.3, 0.4) is 0 Å². The Morgan fingerprint density at radius 2 is 1.95 bits per heavy atom. The highest BCUT2D eigenvalue weighted by Gasteiger charge is 2.17. The van der Waals surface area contributed by atoms with E-state index < -0.39 is 33.2 Å². The Morgan fingerprint density at radius 3 is 2.47 bits per heavy atom. The van der Waals surface area contributed by atoms with E-state index in [4.69, 9.17) is 10.2 Å².